The Morgan fingerprint density at radius 3 is 3.11 bits per heavy atom. The quantitative estimate of drug-likeness (QED) is 0.705. The number of carbonyl (C=O) groups excluding carboxylic acids is 1. The third-order valence-electron chi connectivity index (χ3n) is 2.73. The van der Waals surface area contributed by atoms with E-state index in [9.17, 15) is 9.59 Å². The molecule has 1 saturated heterocycles. The molecule has 1 aliphatic heterocycles. The van der Waals surface area contributed by atoms with Gasteiger partial charge in [-0.1, -0.05) is 5.21 Å². The van der Waals surface area contributed by atoms with E-state index in [0.717, 1.165) is 0 Å². The number of amides is 1. The molecule has 1 amide bonds. The summed E-state index contributed by atoms with van der Waals surface area (Å²) in [4.78, 5) is 27.0. The summed E-state index contributed by atoms with van der Waals surface area (Å²) in [5, 5.41) is 10.0. The molecule has 2 aromatic heterocycles. The van der Waals surface area contributed by atoms with Crippen LogP contribution in [0.2, 0.25) is 0 Å². The van der Waals surface area contributed by atoms with Crippen molar-refractivity contribution in [3.05, 3.63) is 16.7 Å². The van der Waals surface area contributed by atoms with Gasteiger partial charge in [-0.15, -0.1) is 5.10 Å². The predicted octanol–water partition coefficient (Wildman–Crippen LogP) is -1.37. The van der Waals surface area contributed by atoms with E-state index < -0.39 is 6.09 Å². The van der Waals surface area contributed by atoms with E-state index in [1.165, 1.54) is 15.6 Å². The summed E-state index contributed by atoms with van der Waals surface area (Å²) >= 11 is 0. The van der Waals surface area contributed by atoms with Crippen LogP contribution in [0.1, 0.15) is 0 Å². The number of fused-ring (bicyclic) bond motifs is 1. The van der Waals surface area contributed by atoms with Gasteiger partial charge in [0.05, 0.1) is 13.1 Å². The Labute approximate surface area is 100 Å². The SMILES string of the molecule is Cn1nnc2c(=O)n(CC3CNC(=O)O3)cnc21. The summed E-state index contributed by atoms with van der Waals surface area (Å²) in [5.41, 5.74) is 0.339. The average molecular weight is 250 g/mol. The first-order chi connectivity index (χ1) is 8.65. The minimum atomic E-state index is -0.471. The predicted molar refractivity (Wildman–Crippen MR) is 58.8 cm³/mol. The topological polar surface area (TPSA) is 104 Å². The molecule has 3 rings (SSSR count). The van der Waals surface area contributed by atoms with Crippen molar-refractivity contribution in [1.82, 2.24) is 29.9 Å². The van der Waals surface area contributed by atoms with Crippen molar-refractivity contribution in [3.63, 3.8) is 0 Å². The molecule has 3 heterocycles. The van der Waals surface area contributed by atoms with E-state index in [-0.39, 0.29) is 23.7 Å². The van der Waals surface area contributed by atoms with Gasteiger partial charge in [-0.2, -0.15) is 0 Å². The maximum atomic E-state index is 12.1. The molecule has 18 heavy (non-hydrogen) atoms. The highest BCUT2D eigenvalue weighted by atomic mass is 16.6. The van der Waals surface area contributed by atoms with Crippen LogP contribution >= 0.6 is 0 Å². The monoisotopic (exact) mass is 250 g/mol. The summed E-state index contributed by atoms with van der Waals surface area (Å²) in [6.45, 7) is 0.626. The number of rotatable bonds is 2. The summed E-state index contributed by atoms with van der Waals surface area (Å²) in [7, 11) is 1.66. The third kappa shape index (κ3) is 1.60. The van der Waals surface area contributed by atoms with Crippen LogP contribution in [0.4, 0.5) is 4.79 Å². The molecule has 94 valence electrons. The molecule has 9 heteroatoms. The van der Waals surface area contributed by atoms with E-state index in [2.05, 4.69) is 20.6 Å². The van der Waals surface area contributed by atoms with Crippen LogP contribution < -0.4 is 10.9 Å². The lowest BCUT2D eigenvalue weighted by molar-refractivity contribution is 0.130. The van der Waals surface area contributed by atoms with Crippen molar-refractivity contribution in [2.24, 2.45) is 7.05 Å². The van der Waals surface area contributed by atoms with Gasteiger partial charge < -0.3 is 10.1 Å². The number of hydrogen-bond donors (Lipinski definition) is 1. The standard InChI is InChI=1S/C9H10N6O3/c1-14-7-6(12-13-14)8(16)15(4-11-7)3-5-2-10-9(17)18-5/h4-5H,2-3H2,1H3,(H,10,17). The molecular formula is C9H10N6O3. The second kappa shape index (κ2) is 3.79. The lowest BCUT2D eigenvalue weighted by Crippen LogP contribution is -2.29. The smallest absolute Gasteiger partial charge is 0.407 e. The Hall–Kier alpha value is -2.45. The first-order valence-corrected chi connectivity index (χ1v) is 5.34. The van der Waals surface area contributed by atoms with Gasteiger partial charge in [-0.05, 0) is 0 Å². The molecule has 9 nitrogen and oxygen atoms in total. The van der Waals surface area contributed by atoms with Crippen molar-refractivity contribution in [3.8, 4) is 0 Å². The van der Waals surface area contributed by atoms with Crippen molar-refractivity contribution >= 4 is 17.3 Å². The zero-order valence-electron chi connectivity index (χ0n) is 9.53. The van der Waals surface area contributed by atoms with Gasteiger partial charge in [0, 0.05) is 7.05 Å². The largest absolute Gasteiger partial charge is 0.442 e. The Morgan fingerprint density at radius 2 is 2.39 bits per heavy atom. The van der Waals surface area contributed by atoms with Gasteiger partial charge in [0.15, 0.2) is 11.2 Å². The summed E-state index contributed by atoms with van der Waals surface area (Å²) < 4.78 is 7.75. The first kappa shape index (κ1) is 10.7. The van der Waals surface area contributed by atoms with Crippen LogP contribution in [0, 0.1) is 0 Å². The maximum absolute atomic E-state index is 12.1. The molecular weight excluding hydrogens is 240 g/mol. The normalized spacial score (nSPS) is 18.9. The van der Waals surface area contributed by atoms with Gasteiger partial charge in [-0.3, -0.25) is 9.36 Å². The Balaban J connectivity index is 1.95. The second-order valence-corrected chi connectivity index (χ2v) is 4.00. The van der Waals surface area contributed by atoms with Gasteiger partial charge in [0.2, 0.25) is 0 Å². The van der Waals surface area contributed by atoms with Crippen LogP contribution in [0.15, 0.2) is 11.1 Å². The van der Waals surface area contributed by atoms with Gasteiger partial charge in [0.1, 0.15) is 12.4 Å². The van der Waals surface area contributed by atoms with Gasteiger partial charge in [0.25, 0.3) is 5.56 Å². The zero-order valence-corrected chi connectivity index (χ0v) is 9.53. The summed E-state index contributed by atoms with van der Waals surface area (Å²) in [6, 6.07) is 0. The minimum absolute atomic E-state index is 0.206. The second-order valence-electron chi connectivity index (χ2n) is 4.00. The molecule has 2 aromatic rings. The number of ether oxygens (including phenoxy) is 1. The highest BCUT2D eigenvalue weighted by Gasteiger charge is 2.23. The lowest BCUT2D eigenvalue weighted by Gasteiger charge is -2.09. The number of aryl methyl sites for hydroxylation is 1. The number of nitrogens with zero attached hydrogens (tertiary/aromatic N) is 5. The molecule has 1 N–H and O–H groups in total. The van der Waals surface area contributed by atoms with E-state index in [1.807, 2.05) is 0 Å². The summed E-state index contributed by atoms with van der Waals surface area (Å²) in [5.74, 6) is 0. The van der Waals surface area contributed by atoms with Gasteiger partial charge in [-0.25, -0.2) is 14.5 Å². The number of nitrogens with one attached hydrogen (secondary N) is 1. The van der Waals surface area contributed by atoms with Crippen molar-refractivity contribution < 1.29 is 9.53 Å². The molecule has 1 aliphatic rings. The summed E-state index contributed by atoms with van der Waals surface area (Å²) in [6.07, 6.45) is 0.563. The molecule has 1 atom stereocenters. The van der Waals surface area contributed by atoms with Crippen LogP contribution in [0.25, 0.3) is 11.2 Å². The highest BCUT2D eigenvalue weighted by Crippen LogP contribution is 2.04. The Kier molecular flexibility index (Phi) is 2.25. The van der Waals surface area contributed by atoms with E-state index in [0.29, 0.717) is 12.2 Å². The van der Waals surface area contributed by atoms with Crippen LogP contribution in [-0.4, -0.2) is 43.3 Å². The number of carbonyl (C=O) groups is 1. The Bertz CT molecular complexity index is 674. The van der Waals surface area contributed by atoms with E-state index in [4.69, 9.17) is 4.74 Å². The number of aromatic nitrogens is 5. The third-order valence-corrected chi connectivity index (χ3v) is 2.73. The molecule has 0 saturated carbocycles. The molecule has 0 spiro atoms. The maximum Gasteiger partial charge on any atom is 0.407 e. The lowest BCUT2D eigenvalue weighted by atomic mass is 10.3. The number of cyclic esters (lactones) is 1. The van der Waals surface area contributed by atoms with E-state index in [1.54, 1.807) is 7.05 Å². The molecule has 0 radical (unpaired) electrons. The van der Waals surface area contributed by atoms with Crippen LogP contribution in [0.3, 0.4) is 0 Å². The van der Waals surface area contributed by atoms with Crippen LogP contribution in [0.5, 0.6) is 0 Å². The molecule has 1 fully saturated rings. The number of hydrogen-bond acceptors (Lipinski definition) is 6. The minimum Gasteiger partial charge on any atom is -0.442 e. The van der Waals surface area contributed by atoms with Gasteiger partial charge >= 0.3 is 6.09 Å². The highest BCUT2D eigenvalue weighted by molar-refractivity contribution is 5.69. The fourth-order valence-corrected chi connectivity index (χ4v) is 1.83. The molecule has 0 bridgehead atoms. The fraction of sp³-hybridized carbons (Fsp3) is 0.444. The molecule has 0 aromatic carbocycles. The zero-order chi connectivity index (χ0) is 12.7. The molecule has 1 unspecified atom stereocenters. The average Bonchev–Trinajstić information content (AvgIpc) is 2.91. The van der Waals surface area contributed by atoms with Crippen molar-refractivity contribution in [2.45, 2.75) is 12.6 Å². The van der Waals surface area contributed by atoms with Crippen molar-refractivity contribution in [1.29, 1.82) is 0 Å². The van der Waals surface area contributed by atoms with E-state index >= 15 is 0 Å². The van der Waals surface area contributed by atoms with Crippen molar-refractivity contribution in [2.75, 3.05) is 6.54 Å². The molecule has 0 aliphatic carbocycles. The number of alkyl carbamates (subject to hydrolysis) is 1. The Morgan fingerprint density at radius 1 is 1.56 bits per heavy atom. The fourth-order valence-electron chi connectivity index (χ4n) is 1.83. The van der Waals surface area contributed by atoms with Crippen LogP contribution in [-0.2, 0) is 18.3 Å². The first-order valence-electron chi connectivity index (χ1n) is 5.34.